The van der Waals surface area contributed by atoms with E-state index >= 15 is 0 Å². The number of hydrogen-bond acceptors (Lipinski definition) is 3. The third kappa shape index (κ3) is 5.42. The van der Waals surface area contributed by atoms with Gasteiger partial charge in [-0.3, -0.25) is 0 Å². The molecular weight excluding hydrogens is 244 g/mol. The summed E-state index contributed by atoms with van der Waals surface area (Å²) in [7, 11) is 1.40. The number of rotatable bonds is 5. The van der Waals surface area contributed by atoms with Crippen LogP contribution in [-0.2, 0) is 11.3 Å². The smallest absolute Gasteiger partial charge is 0.418 e. The summed E-state index contributed by atoms with van der Waals surface area (Å²) in [5.74, 6) is 0. The van der Waals surface area contributed by atoms with Gasteiger partial charge < -0.3 is 10.1 Å². The number of carbonyl (C=O) groups excluding carboxylic acids is 2. The molecule has 1 aromatic carbocycles. The molecule has 1 aromatic rings. The lowest BCUT2D eigenvalue weighted by atomic mass is 10.2. The van der Waals surface area contributed by atoms with Crippen molar-refractivity contribution in [2.75, 3.05) is 13.6 Å². The van der Waals surface area contributed by atoms with Crippen LogP contribution < -0.4 is 5.32 Å². The number of carbonyl (C=O) groups is 2. The van der Waals surface area contributed by atoms with Crippen LogP contribution in [-0.4, -0.2) is 30.6 Å². The van der Waals surface area contributed by atoms with Crippen LogP contribution in [0.4, 0.5) is 9.59 Å². The van der Waals surface area contributed by atoms with E-state index < -0.39 is 12.1 Å². The number of benzene rings is 1. The number of amides is 3. The number of ether oxygens (including phenoxy) is 1. The Balaban J connectivity index is 2.34. The molecule has 0 fully saturated rings. The number of nitrogens with zero attached hydrogens (tertiary/aromatic N) is 1. The van der Waals surface area contributed by atoms with Gasteiger partial charge >= 0.3 is 12.1 Å². The molecule has 1 rings (SSSR count). The molecule has 0 spiro atoms. The Kier molecular flexibility index (Phi) is 6.43. The van der Waals surface area contributed by atoms with Crippen molar-refractivity contribution in [1.29, 1.82) is 0 Å². The zero-order valence-corrected chi connectivity index (χ0v) is 11.4. The molecular formula is C14H20N2O3. The summed E-state index contributed by atoms with van der Waals surface area (Å²) in [6.45, 7) is 2.75. The van der Waals surface area contributed by atoms with Crippen molar-refractivity contribution in [3.63, 3.8) is 0 Å². The largest absolute Gasteiger partial charge is 0.444 e. The zero-order valence-electron chi connectivity index (χ0n) is 11.4. The van der Waals surface area contributed by atoms with Gasteiger partial charge in [-0.15, -0.1) is 0 Å². The lowest BCUT2D eigenvalue weighted by molar-refractivity contribution is 0.110. The average molecular weight is 264 g/mol. The predicted octanol–water partition coefficient (Wildman–Crippen LogP) is 2.76. The standard InChI is InChI=1S/C14H20N2O3/c1-3-4-10-15-13(17)16(2)14(18)19-11-12-8-6-5-7-9-12/h5-9H,3-4,10-11H2,1-2H3,(H,15,17). The number of hydrogen-bond donors (Lipinski definition) is 1. The SMILES string of the molecule is CCCCNC(=O)N(C)C(=O)OCc1ccccc1. The summed E-state index contributed by atoms with van der Waals surface area (Å²) in [5, 5.41) is 2.65. The Hall–Kier alpha value is -2.04. The maximum absolute atomic E-state index is 11.6. The molecule has 0 aliphatic carbocycles. The highest BCUT2D eigenvalue weighted by Gasteiger charge is 2.17. The molecule has 0 aliphatic rings. The summed E-state index contributed by atoms with van der Waals surface area (Å²) in [6, 6.07) is 8.89. The Labute approximate surface area is 113 Å². The van der Waals surface area contributed by atoms with Gasteiger partial charge in [0, 0.05) is 13.6 Å². The number of unbranched alkanes of at least 4 members (excludes halogenated alkanes) is 1. The minimum Gasteiger partial charge on any atom is -0.444 e. The highest BCUT2D eigenvalue weighted by molar-refractivity contribution is 5.90. The van der Waals surface area contributed by atoms with Crippen LogP contribution in [0, 0.1) is 0 Å². The zero-order chi connectivity index (χ0) is 14.1. The monoisotopic (exact) mass is 264 g/mol. The quantitative estimate of drug-likeness (QED) is 0.832. The average Bonchev–Trinajstić information content (AvgIpc) is 2.45. The Morgan fingerprint density at radius 3 is 2.58 bits per heavy atom. The molecule has 0 saturated carbocycles. The summed E-state index contributed by atoms with van der Waals surface area (Å²) in [6.07, 6.45) is 1.22. The van der Waals surface area contributed by atoms with Crippen molar-refractivity contribution >= 4 is 12.1 Å². The maximum atomic E-state index is 11.6. The topological polar surface area (TPSA) is 58.6 Å². The molecule has 0 radical (unpaired) electrons. The molecule has 3 amide bonds. The highest BCUT2D eigenvalue weighted by Crippen LogP contribution is 2.02. The van der Waals surface area contributed by atoms with E-state index in [-0.39, 0.29) is 6.61 Å². The van der Waals surface area contributed by atoms with Crippen molar-refractivity contribution < 1.29 is 14.3 Å². The van der Waals surface area contributed by atoms with Crippen molar-refractivity contribution in [2.24, 2.45) is 0 Å². The molecule has 0 bridgehead atoms. The molecule has 0 unspecified atom stereocenters. The summed E-state index contributed by atoms with van der Waals surface area (Å²) < 4.78 is 5.04. The van der Waals surface area contributed by atoms with Crippen molar-refractivity contribution in [1.82, 2.24) is 10.2 Å². The first-order valence-electron chi connectivity index (χ1n) is 6.37. The fraction of sp³-hybridized carbons (Fsp3) is 0.429. The lowest BCUT2D eigenvalue weighted by Gasteiger charge is -2.16. The lowest BCUT2D eigenvalue weighted by Crippen LogP contribution is -2.41. The van der Waals surface area contributed by atoms with Crippen LogP contribution in [0.25, 0.3) is 0 Å². The van der Waals surface area contributed by atoms with Gasteiger partial charge in [0.2, 0.25) is 0 Å². The maximum Gasteiger partial charge on any atom is 0.418 e. The Morgan fingerprint density at radius 1 is 1.26 bits per heavy atom. The Morgan fingerprint density at radius 2 is 1.95 bits per heavy atom. The van der Waals surface area contributed by atoms with Crippen LogP contribution in [0.3, 0.4) is 0 Å². The third-order valence-electron chi connectivity index (χ3n) is 2.59. The van der Waals surface area contributed by atoms with Gasteiger partial charge in [0.25, 0.3) is 0 Å². The second-order valence-electron chi connectivity index (χ2n) is 4.18. The van der Waals surface area contributed by atoms with Gasteiger partial charge in [-0.2, -0.15) is 0 Å². The summed E-state index contributed by atoms with van der Waals surface area (Å²) >= 11 is 0. The molecule has 0 saturated heterocycles. The van der Waals surface area contributed by atoms with Crippen LogP contribution in [0.1, 0.15) is 25.3 Å². The van der Waals surface area contributed by atoms with E-state index in [9.17, 15) is 9.59 Å². The van der Waals surface area contributed by atoms with Crippen LogP contribution in [0.15, 0.2) is 30.3 Å². The fourth-order valence-corrected chi connectivity index (χ4v) is 1.39. The summed E-state index contributed by atoms with van der Waals surface area (Å²) in [5.41, 5.74) is 0.885. The van der Waals surface area contributed by atoms with E-state index in [0.717, 1.165) is 23.3 Å². The molecule has 104 valence electrons. The van der Waals surface area contributed by atoms with Gasteiger partial charge in [-0.25, -0.2) is 14.5 Å². The molecule has 5 heteroatoms. The first kappa shape index (κ1) is 15.0. The second-order valence-corrected chi connectivity index (χ2v) is 4.18. The minimum atomic E-state index is -0.655. The predicted molar refractivity (Wildman–Crippen MR) is 72.7 cm³/mol. The van der Waals surface area contributed by atoms with Crippen molar-refractivity contribution in [2.45, 2.75) is 26.4 Å². The highest BCUT2D eigenvalue weighted by atomic mass is 16.6. The first-order chi connectivity index (χ1) is 9.15. The number of nitrogens with one attached hydrogen (secondary N) is 1. The number of imide groups is 1. The van der Waals surface area contributed by atoms with Crippen molar-refractivity contribution in [3.8, 4) is 0 Å². The third-order valence-corrected chi connectivity index (χ3v) is 2.59. The van der Waals surface area contributed by atoms with Crippen molar-refractivity contribution in [3.05, 3.63) is 35.9 Å². The van der Waals surface area contributed by atoms with Gasteiger partial charge in [0.05, 0.1) is 0 Å². The van der Waals surface area contributed by atoms with E-state index in [2.05, 4.69) is 5.32 Å². The van der Waals surface area contributed by atoms with Crippen LogP contribution >= 0.6 is 0 Å². The van der Waals surface area contributed by atoms with Crippen LogP contribution in [0.5, 0.6) is 0 Å². The van der Waals surface area contributed by atoms with E-state index in [0.29, 0.717) is 6.54 Å². The molecule has 0 aliphatic heterocycles. The molecule has 5 nitrogen and oxygen atoms in total. The Bertz CT molecular complexity index is 406. The summed E-state index contributed by atoms with van der Waals surface area (Å²) in [4.78, 5) is 24.2. The minimum absolute atomic E-state index is 0.159. The van der Waals surface area contributed by atoms with Crippen LogP contribution in [0.2, 0.25) is 0 Å². The fourth-order valence-electron chi connectivity index (χ4n) is 1.39. The normalized spacial score (nSPS) is 9.79. The molecule has 19 heavy (non-hydrogen) atoms. The molecule has 0 heterocycles. The van der Waals surface area contributed by atoms with Gasteiger partial charge in [-0.05, 0) is 12.0 Å². The van der Waals surface area contributed by atoms with Gasteiger partial charge in [0.15, 0.2) is 0 Å². The first-order valence-corrected chi connectivity index (χ1v) is 6.37. The van der Waals surface area contributed by atoms with E-state index in [1.165, 1.54) is 7.05 Å². The van der Waals surface area contributed by atoms with Gasteiger partial charge in [-0.1, -0.05) is 43.7 Å². The van der Waals surface area contributed by atoms with E-state index in [1.54, 1.807) is 0 Å². The molecule has 0 aromatic heterocycles. The second kappa shape index (κ2) is 8.13. The molecule has 0 atom stereocenters. The van der Waals surface area contributed by atoms with Gasteiger partial charge in [0.1, 0.15) is 6.61 Å². The molecule has 1 N–H and O–H groups in total. The number of urea groups is 1. The van der Waals surface area contributed by atoms with E-state index in [4.69, 9.17) is 4.74 Å². The van der Waals surface area contributed by atoms with E-state index in [1.807, 2.05) is 37.3 Å².